The Kier molecular flexibility index (Phi) is 5.58. The van der Waals surface area contributed by atoms with Crippen LogP contribution < -0.4 is 20.5 Å². The number of fused-ring (bicyclic) bond motifs is 1. The third-order valence-corrected chi connectivity index (χ3v) is 3.83. The van der Waals surface area contributed by atoms with E-state index in [2.05, 4.69) is 5.32 Å². The van der Waals surface area contributed by atoms with Gasteiger partial charge >= 0.3 is 5.97 Å². The van der Waals surface area contributed by atoms with Gasteiger partial charge in [0, 0.05) is 30.3 Å². The number of nitro benzene ring substituents is 1. The molecule has 1 heterocycles. The smallest absolute Gasteiger partial charge is 0.340 e. The molecule has 0 bridgehead atoms. The summed E-state index contributed by atoms with van der Waals surface area (Å²) >= 11 is 0. The maximum atomic E-state index is 12.0. The number of benzene rings is 2. The predicted molar refractivity (Wildman–Crippen MR) is 98.5 cm³/mol. The molecule has 10 heteroatoms. The zero-order chi connectivity index (χ0) is 20.1. The van der Waals surface area contributed by atoms with Crippen LogP contribution in [0.3, 0.4) is 0 Å². The van der Waals surface area contributed by atoms with E-state index in [0.29, 0.717) is 30.4 Å². The van der Waals surface area contributed by atoms with Crippen molar-refractivity contribution >= 4 is 28.9 Å². The predicted octanol–water partition coefficient (Wildman–Crippen LogP) is 2.13. The van der Waals surface area contributed by atoms with Crippen molar-refractivity contribution in [3.05, 3.63) is 52.1 Å². The van der Waals surface area contributed by atoms with Crippen molar-refractivity contribution in [2.24, 2.45) is 0 Å². The second-order valence-electron chi connectivity index (χ2n) is 5.86. The van der Waals surface area contributed by atoms with Gasteiger partial charge in [-0.25, -0.2) is 4.79 Å². The minimum absolute atomic E-state index is 0.0611. The molecule has 0 spiro atoms. The molecule has 0 aromatic heterocycles. The highest BCUT2D eigenvalue weighted by Gasteiger charge is 2.17. The second kappa shape index (κ2) is 8.25. The number of esters is 1. The van der Waals surface area contributed by atoms with Crippen LogP contribution in [-0.2, 0) is 9.53 Å². The lowest BCUT2D eigenvalue weighted by Crippen LogP contribution is -2.21. The number of anilines is 2. The minimum atomic E-state index is -0.860. The lowest BCUT2D eigenvalue weighted by atomic mass is 10.1. The Morgan fingerprint density at radius 1 is 1.14 bits per heavy atom. The minimum Gasteiger partial charge on any atom is -0.490 e. The molecule has 0 radical (unpaired) electrons. The molecule has 2 aromatic carbocycles. The molecule has 0 unspecified atom stereocenters. The normalized spacial score (nSPS) is 12.6. The number of nitro groups is 1. The Bertz CT molecular complexity index is 929. The number of hydrogen-bond acceptors (Lipinski definition) is 8. The fourth-order valence-corrected chi connectivity index (χ4v) is 2.50. The number of amides is 1. The van der Waals surface area contributed by atoms with E-state index in [-0.39, 0.29) is 16.9 Å². The number of non-ortho nitro benzene ring substituents is 1. The van der Waals surface area contributed by atoms with Gasteiger partial charge in [-0.3, -0.25) is 14.9 Å². The Morgan fingerprint density at radius 3 is 2.61 bits per heavy atom. The number of nitrogens with one attached hydrogen (secondary N) is 1. The topological polar surface area (TPSA) is 143 Å². The average molecular weight is 387 g/mol. The molecule has 146 valence electrons. The summed E-state index contributed by atoms with van der Waals surface area (Å²) < 4.78 is 16.0. The molecular formula is C18H17N3O7. The summed E-state index contributed by atoms with van der Waals surface area (Å²) in [5.41, 5.74) is 5.68. The largest absolute Gasteiger partial charge is 0.490 e. The second-order valence-corrected chi connectivity index (χ2v) is 5.86. The number of rotatable bonds is 5. The van der Waals surface area contributed by atoms with Gasteiger partial charge < -0.3 is 25.3 Å². The molecule has 0 saturated carbocycles. The monoisotopic (exact) mass is 387 g/mol. The highest BCUT2D eigenvalue weighted by molar-refractivity contribution is 5.98. The fourth-order valence-electron chi connectivity index (χ4n) is 2.50. The molecule has 0 aliphatic carbocycles. The lowest BCUT2D eigenvalue weighted by molar-refractivity contribution is -0.384. The summed E-state index contributed by atoms with van der Waals surface area (Å²) in [6.45, 7) is 0.517. The molecule has 1 amide bonds. The summed E-state index contributed by atoms with van der Waals surface area (Å²) in [5, 5.41) is 13.3. The first-order valence-electron chi connectivity index (χ1n) is 8.34. The third-order valence-electron chi connectivity index (χ3n) is 3.83. The van der Waals surface area contributed by atoms with Crippen LogP contribution in [0, 0.1) is 10.1 Å². The van der Waals surface area contributed by atoms with Crippen molar-refractivity contribution in [2.75, 3.05) is 30.9 Å². The Balaban J connectivity index is 1.58. The molecule has 1 aliphatic rings. The van der Waals surface area contributed by atoms with Crippen LogP contribution in [0.25, 0.3) is 0 Å². The van der Waals surface area contributed by atoms with Gasteiger partial charge in [-0.05, 0) is 18.2 Å². The molecule has 0 saturated heterocycles. The molecule has 0 fully saturated rings. The van der Waals surface area contributed by atoms with E-state index in [0.717, 1.165) is 18.6 Å². The molecule has 1 aliphatic heterocycles. The molecule has 3 rings (SSSR count). The van der Waals surface area contributed by atoms with Crippen molar-refractivity contribution in [1.82, 2.24) is 0 Å². The lowest BCUT2D eigenvalue weighted by Gasteiger charge is -2.11. The highest BCUT2D eigenvalue weighted by Crippen LogP contribution is 2.32. The van der Waals surface area contributed by atoms with Gasteiger partial charge in [0.15, 0.2) is 18.1 Å². The van der Waals surface area contributed by atoms with Gasteiger partial charge in [-0.15, -0.1) is 0 Å². The molecule has 0 atom stereocenters. The van der Waals surface area contributed by atoms with Crippen molar-refractivity contribution in [3.63, 3.8) is 0 Å². The first-order valence-corrected chi connectivity index (χ1v) is 8.34. The quantitative estimate of drug-likeness (QED) is 0.344. The number of ether oxygens (including phenoxy) is 3. The van der Waals surface area contributed by atoms with Gasteiger partial charge in [-0.1, -0.05) is 0 Å². The van der Waals surface area contributed by atoms with Crippen LogP contribution in [0.15, 0.2) is 36.4 Å². The number of carbonyl (C=O) groups excluding carboxylic acids is 2. The molecule has 10 nitrogen and oxygen atoms in total. The van der Waals surface area contributed by atoms with Crippen molar-refractivity contribution in [1.29, 1.82) is 0 Å². The van der Waals surface area contributed by atoms with Gasteiger partial charge in [0.2, 0.25) is 0 Å². The van der Waals surface area contributed by atoms with Crippen molar-refractivity contribution in [2.45, 2.75) is 6.42 Å². The van der Waals surface area contributed by atoms with Gasteiger partial charge in [0.25, 0.3) is 11.6 Å². The number of hydrogen-bond donors (Lipinski definition) is 2. The van der Waals surface area contributed by atoms with E-state index < -0.39 is 23.4 Å². The van der Waals surface area contributed by atoms with E-state index in [1.807, 2.05) is 0 Å². The van der Waals surface area contributed by atoms with E-state index in [1.165, 1.54) is 6.07 Å². The number of nitrogens with two attached hydrogens (primary N) is 1. The van der Waals surface area contributed by atoms with Crippen molar-refractivity contribution in [3.8, 4) is 11.5 Å². The summed E-state index contributed by atoms with van der Waals surface area (Å²) in [6, 6.07) is 8.30. The summed E-state index contributed by atoms with van der Waals surface area (Å²) in [6.07, 6.45) is 0.762. The summed E-state index contributed by atoms with van der Waals surface area (Å²) in [5.74, 6) is -0.314. The van der Waals surface area contributed by atoms with Crippen LogP contribution in [0.2, 0.25) is 0 Å². The first-order chi connectivity index (χ1) is 13.4. The molecule has 3 N–H and O–H groups in total. The maximum Gasteiger partial charge on any atom is 0.340 e. The first kappa shape index (κ1) is 19.0. The Morgan fingerprint density at radius 2 is 1.89 bits per heavy atom. The van der Waals surface area contributed by atoms with Crippen LogP contribution in [-0.4, -0.2) is 36.6 Å². The van der Waals surface area contributed by atoms with Crippen LogP contribution in [0.5, 0.6) is 11.5 Å². The van der Waals surface area contributed by atoms with Gasteiger partial charge in [0.05, 0.1) is 29.4 Å². The molecule has 28 heavy (non-hydrogen) atoms. The van der Waals surface area contributed by atoms with Crippen LogP contribution in [0.1, 0.15) is 16.8 Å². The molecule has 2 aromatic rings. The van der Waals surface area contributed by atoms with E-state index in [1.54, 1.807) is 18.2 Å². The van der Waals surface area contributed by atoms with Gasteiger partial charge in [0.1, 0.15) is 0 Å². The zero-order valence-corrected chi connectivity index (χ0v) is 14.7. The van der Waals surface area contributed by atoms with E-state index in [9.17, 15) is 19.7 Å². The fraction of sp³-hybridized carbons (Fsp3) is 0.222. The number of nitrogens with zero attached hydrogens (tertiary/aromatic N) is 1. The maximum absolute atomic E-state index is 12.0. The molecular weight excluding hydrogens is 370 g/mol. The zero-order valence-electron chi connectivity index (χ0n) is 14.7. The summed E-state index contributed by atoms with van der Waals surface area (Å²) in [4.78, 5) is 34.1. The van der Waals surface area contributed by atoms with Crippen molar-refractivity contribution < 1.29 is 28.7 Å². The SMILES string of the molecule is Nc1cc([N+](=O)[O-])ccc1C(=O)OCC(=O)Nc1ccc2c(c1)OCCCO2. The standard InChI is InChI=1S/C18H17N3O7/c19-14-9-12(21(24)25)3-4-13(14)18(23)28-10-17(22)20-11-2-5-15-16(8-11)27-7-1-6-26-15/h2-5,8-9H,1,6-7,10,19H2,(H,20,22). The summed E-state index contributed by atoms with van der Waals surface area (Å²) in [7, 11) is 0. The number of nitrogen functional groups attached to an aromatic ring is 1. The van der Waals surface area contributed by atoms with Crippen LogP contribution in [0.4, 0.5) is 17.1 Å². The van der Waals surface area contributed by atoms with E-state index >= 15 is 0 Å². The third kappa shape index (κ3) is 4.47. The van der Waals surface area contributed by atoms with Gasteiger partial charge in [-0.2, -0.15) is 0 Å². The average Bonchev–Trinajstić information content (AvgIpc) is 2.91. The Hall–Kier alpha value is -3.82. The number of carbonyl (C=O) groups is 2. The highest BCUT2D eigenvalue weighted by atomic mass is 16.6. The van der Waals surface area contributed by atoms with E-state index in [4.69, 9.17) is 19.9 Å². The Labute approximate surface area is 159 Å². The van der Waals surface area contributed by atoms with Crippen LogP contribution >= 0.6 is 0 Å².